The van der Waals surface area contributed by atoms with E-state index in [-0.39, 0.29) is 22.8 Å². The molecule has 0 spiro atoms. The molecule has 38 heavy (non-hydrogen) atoms. The molecule has 12 heteroatoms. The Kier molecular flexibility index (Phi) is 8.46. The quantitative estimate of drug-likeness (QED) is 0.440. The highest BCUT2D eigenvalue weighted by Crippen LogP contribution is 2.21. The molecule has 0 aromatic heterocycles. The largest absolute Gasteiger partial charge is 0.331 e. The number of rotatable bonds is 7. The number of amides is 2. The second-order valence-electron chi connectivity index (χ2n) is 8.88. The van der Waals surface area contributed by atoms with Crippen molar-refractivity contribution in [2.75, 3.05) is 18.8 Å². The molecule has 0 fully saturated rings. The van der Waals surface area contributed by atoms with Crippen LogP contribution in [0.25, 0.3) is 0 Å². The molecule has 0 saturated heterocycles. The highest BCUT2D eigenvalue weighted by molar-refractivity contribution is 7.92. The van der Waals surface area contributed by atoms with Gasteiger partial charge in [-0.3, -0.25) is 4.79 Å². The van der Waals surface area contributed by atoms with Crippen LogP contribution in [-0.4, -0.2) is 52.4 Å². The molecule has 0 aliphatic carbocycles. The number of carbonyl (C=O) groups is 2. The lowest BCUT2D eigenvalue weighted by Crippen LogP contribution is -2.43. The number of fused-ring (bicyclic) bond motifs is 1. The van der Waals surface area contributed by atoms with Crippen LogP contribution < -0.4 is 4.72 Å². The van der Waals surface area contributed by atoms with Crippen molar-refractivity contribution in [3.63, 3.8) is 0 Å². The van der Waals surface area contributed by atoms with Crippen molar-refractivity contribution in [2.24, 2.45) is 0 Å². The average Bonchev–Trinajstić information content (AvgIpc) is 3.06. The van der Waals surface area contributed by atoms with Gasteiger partial charge in [-0.1, -0.05) is 41.4 Å². The van der Waals surface area contributed by atoms with E-state index in [1.54, 1.807) is 6.07 Å². The number of sulfonamides is 1. The van der Waals surface area contributed by atoms with Crippen molar-refractivity contribution >= 4 is 54.9 Å². The third-order valence-corrected chi connectivity index (χ3v) is 9.66. The van der Waals surface area contributed by atoms with E-state index >= 15 is 0 Å². The molecule has 1 heterocycles. The van der Waals surface area contributed by atoms with Crippen molar-refractivity contribution in [3.05, 3.63) is 93.5 Å². The van der Waals surface area contributed by atoms with Gasteiger partial charge in [0.25, 0.3) is 10.0 Å². The van der Waals surface area contributed by atoms with E-state index in [4.69, 9.17) is 23.2 Å². The summed E-state index contributed by atoms with van der Waals surface area (Å²) in [4.78, 5) is 26.7. The van der Waals surface area contributed by atoms with Gasteiger partial charge in [0.15, 0.2) is 15.6 Å². The van der Waals surface area contributed by atoms with Crippen LogP contribution in [0.5, 0.6) is 0 Å². The maximum absolute atomic E-state index is 12.7. The summed E-state index contributed by atoms with van der Waals surface area (Å²) >= 11 is 11.6. The van der Waals surface area contributed by atoms with Crippen molar-refractivity contribution < 1.29 is 26.4 Å². The first-order valence-electron chi connectivity index (χ1n) is 11.6. The Morgan fingerprint density at radius 1 is 0.763 bits per heavy atom. The molecular formula is C26H24Cl2N2O6S2. The summed E-state index contributed by atoms with van der Waals surface area (Å²) in [6, 6.07) is 15.9. The van der Waals surface area contributed by atoms with Crippen molar-refractivity contribution in [1.82, 2.24) is 9.62 Å². The van der Waals surface area contributed by atoms with Gasteiger partial charge in [0, 0.05) is 29.6 Å². The van der Waals surface area contributed by atoms with Crippen LogP contribution in [0.3, 0.4) is 0 Å². The fourth-order valence-electron chi connectivity index (χ4n) is 4.16. The lowest BCUT2D eigenvalue weighted by Gasteiger charge is -2.20. The molecule has 2 amide bonds. The third-order valence-electron chi connectivity index (χ3n) is 6.13. The molecule has 0 bridgehead atoms. The predicted molar refractivity (Wildman–Crippen MR) is 145 cm³/mol. The van der Waals surface area contributed by atoms with Crippen molar-refractivity contribution in [1.29, 1.82) is 0 Å². The highest BCUT2D eigenvalue weighted by Gasteiger charge is 2.25. The Bertz CT molecular complexity index is 1570. The number of halogens is 2. The molecule has 3 aromatic carbocycles. The van der Waals surface area contributed by atoms with E-state index in [1.807, 2.05) is 12.1 Å². The molecule has 1 aliphatic rings. The molecule has 1 aliphatic heterocycles. The van der Waals surface area contributed by atoms with E-state index in [0.717, 1.165) is 11.1 Å². The molecule has 0 radical (unpaired) electrons. The van der Waals surface area contributed by atoms with Crippen molar-refractivity contribution in [3.8, 4) is 0 Å². The maximum Gasteiger partial charge on any atom is 0.331 e. The fraction of sp³-hybridized carbons (Fsp3) is 0.231. The highest BCUT2D eigenvalue weighted by atomic mass is 35.5. The molecule has 4 rings (SSSR count). The number of hydrogen-bond donors (Lipinski definition) is 1. The summed E-state index contributed by atoms with van der Waals surface area (Å²) in [5, 5.41) is 0.782. The van der Waals surface area contributed by atoms with Crippen LogP contribution in [0.1, 0.15) is 16.7 Å². The van der Waals surface area contributed by atoms with Gasteiger partial charge < -0.3 is 4.90 Å². The lowest BCUT2D eigenvalue weighted by atomic mass is 9.98. The standard InChI is InChI=1S/C26H24Cl2N2O6S2/c27-21-3-7-24(8-4-21)37(33,34)17-23(31)16-18-1-2-19-11-13-30(14-12-20(19)15-18)26(32)29-38(35,36)25-9-5-22(28)6-10-25/h1-10,15H,11-14,16-17H2,(H,29,32). The zero-order valence-corrected chi connectivity index (χ0v) is 23.2. The molecule has 8 nitrogen and oxygen atoms in total. The molecule has 0 saturated carbocycles. The van der Waals surface area contributed by atoms with E-state index in [1.165, 1.54) is 53.4 Å². The van der Waals surface area contributed by atoms with Crippen LogP contribution in [0.15, 0.2) is 76.5 Å². The van der Waals surface area contributed by atoms with Gasteiger partial charge in [0.05, 0.1) is 9.79 Å². The number of sulfone groups is 1. The second kappa shape index (κ2) is 11.4. The summed E-state index contributed by atoms with van der Waals surface area (Å²) in [6.45, 7) is 0.587. The average molecular weight is 596 g/mol. The number of hydrogen-bond acceptors (Lipinski definition) is 6. The van der Waals surface area contributed by atoms with Crippen LogP contribution >= 0.6 is 23.2 Å². The van der Waals surface area contributed by atoms with Gasteiger partial charge >= 0.3 is 6.03 Å². The first-order chi connectivity index (χ1) is 17.9. The number of nitrogens with one attached hydrogen (secondary N) is 1. The van der Waals surface area contributed by atoms with Crippen LogP contribution in [0, 0.1) is 0 Å². The topological polar surface area (TPSA) is 118 Å². The Balaban J connectivity index is 1.38. The molecule has 3 aromatic rings. The smallest absolute Gasteiger partial charge is 0.323 e. The number of ketones is 1. The Morgan fingerprint density at radius 2 is 1.32 bits per heavy atom. The number of benzene rings is 3. The summed E-state index contributed by atoms with van der Waals surface area (Å²) in [5.41, 5.74) is 2.57. The number of carbonyl (C=O) groups excluding carboxylic acids is 2. The summed E-state index contributed by atoms with van der Waals surface area (Å²) in [7, 11) is -7.84. The first-order valence-corrected chi connectivity index (χ1v) is 15.5. The zero-order valence-electron chi connectivity index (χ0n) is 20.1. The van der Waals surface area contributed by atoms with E-state index in [9.17, 15) is 26.4 Å². The second-order valence-corrected chi connectivity index (χ2v) is 13.4. The van der Waals surface area contributed by atoms with E-state index in [2.05, 4.69) is 4.72 Å². The molecule has 1 N–H and O–H groups in total. The van der Waals surface area contributed by atoms with Crippen molar-refractivity contribution in [2.45, 2.75) is 29.1 Å². The Hall–Kier alpha value is -2.92. The zero-order chi connectivity index (χ0) is 27.5. The summed E-state index contributed by atoms with van der Waals surface area (Å²) in [5.74, 6) is -1.07. The first kappa shape index (κ1) is 28.1. The van der Waals surface area contributed by atoms with E-state index in [0.29, 0.717) is 35.0 Å². The fourth-order valence-corrected chi connectivity index (χ4v) is 6.63. The maximum atomic E-state index is 12.7. The number of nitrogens with zero attached hydrogens (tertiary/aromatic N) is 1. The predicted octanol–water partition coefficient (Wildman–Crippen LogP) is 4.08. The number of Topliss-reactive ketones (excluding diaryl/α,β-unsaturated/α-hetero) is 1. The van der Waals surface area contributed by atoms with Crippen LogP contribution in [-0.2, 0) is 43.9 Å². The number of urea groups is 1. The molecule has 0 atom stereocenters. The van der Waals surface area contributed by atoms with Crippen LogP contribution in [0.4, 0.5) is 4.79 Å². The molecule has 0 unspecified atom stereocenters. The molecular weight excluding hydrogens is 571 g/mol. The van der Waals surface area contributed by atoms with Gasteiger partial charge in [0.2, 0.25) is 0 Å². The SMILES string of the molecule is O=C(Cc1ccc2c(c1)CCN(C(=O)NS(=O)(=O)c1ccc(Cl)cc1)CC2)CS(=O)(=O)c1ccc(Cl)cc1. The monoisotopic (exact) mass is 594 g/mol. The lowest BCUT2D eigenvalue weighted by molar-refractivity contribution is -0.116. The Morgan fingerprint density at radius 3 is 1.92 bits per heavy atom. The Labute approximate surface area is 231 Å². The normalized spacial score (nSPS) is 13.9. The van der Waals surface area contributed by atoms with Gasteiger partial charge in [0.1, 0.15) is 5.75 Å². The minimum atomic E-state index is -4.06. The van der Waals surface area contributed by atoms with Gasteiger partial charge in [-0.2, -0.15) is 0 Å². The van der Waals surface area contributed by atoms with Gasteiger partial charge in [-0.15, -0.1) is 0 Å². The molecule has 200 valence electrons. The van der Waals surface area contributed by atoms with Crippen LogP contribution in [0.2, 0.25) is 10.0 Å². The van der Waals surface area contributed by atoms with Gasteiger partial charge in [-0.05, 0) is 78.1 Å². The summed E-state index contributed by atoms with van der Waals surface area (Å²) < 4.78 is 52.4. The van der Waals surface area contributed by atoms with Gasteiger partial charge in [-0.25, -0.2) is 26.4 Å². The van der Waals surface area contributed by atoms with E-state index < -0.39 is 37.4 Å². The minimum Gasteiger partial charge on any atom is -0.323 e. The minimum absolute atomic E-state index is 0.0358. The summed E-state index contributed by atoms with van der Waals surface area (Å²) in [6.07, 6.45) is 0.904. The third kappa shape index (κ3) is 6.93.